The van der Waals surface area contributed by atoms with Gasteiger partial charge in [0.15, 0.2) is 11.5 Å². The molecule has 0 aliphatic carbocycles. The van der Waals surface area contributed by atoms with Crippen LogP contribution in [0.4, 0.5) is 0 Å². The van der Waals surface area contributed by atoms with Crippen LogP contribution in [0.1, 0.15) is 47.5 Å². The first-order valence-electron chi connectivity index (χ1n) is 8.84. The summed E-state index contributed by atoms with van der Waals surface area (Å²) < 4.78 is 6.74. The normalized spacial score (nSPS) is 10.7. The molecule has 0 spiro atoms. The van der Waals surface area contributed by atoms with Gasteiger partial charge in [-0.3, -0.25) is 9.59 Å². The number of hydrogen-bond acceptors (Lipinski definition) is 5. The van der Waals surface area contributed by atoms with Gasteiger partial charge < -0.3 is 4.74 Å². The lowest BCUT2D eigenvalue weighted by molar-refractivity contribution is 0.0728. The zero-order chi connectivity index (χ0) is 19.4. The second-order valence-corrected chi connectivity index (χ2v) is 6.25. The lowest BCUT2D eigenvalue weighted by Crippen LogP contribution is -2.27. The quantitative estimate of drug-likeness (QED) is 0.379. The number of hydrogen-bond donors (Lipinski definition) is 0. The topological polar surface area (TPSA) is 78.3 Å². The first kappa shape index (κ1) is 18.5. The van der Waals surface area contributed by atoms with E-state index >= 15 is 0 Å². The highest BCUT2D eigenvalue weighted by molar-refractivity contribution is 6.03. The van der Waals surface area contributed by atoms with Crippen LogP contribution in [0.2, 0.25) is 0 Å². The maximum Gasteiger partial charge on any atom is 0.364 e. The number of unbranched alkanes of at least 4 members (excludes halogenated alkanes) is 1. The van der Waals surface area contributed by atoms with E-state index in [2.05, 4.69) is 5.10 Å². The zero-order valence-electron chi connectivity index (χ0n) is 15.3. The SMILES string of the molecule is CCCCn1nc(C(=O)Oc2ccc(C(C)=O)cc2)c2ccccc2c1=O. The van der Waals surface area contributed by atoms with E-state index in [0.29, 0.717) is 28.6 Å². The van der Waals surface area contributed by atoms with Crippen molar-refractivity contribution in [2.75, 3.05) is 0 Å². The van der Waals surface area contributed by atoms with Crippen molar-refractivity contribution in [1.29, 1.82) is 0 Å². The number of rotatable bonds is 6. The molecule has 2 aromatic carbocycles. The summed E-state index contributed by atoms with van der Waals surface area (Å²) in [6, 6.07) is 13.2. The van der Waals surface area contributed by atoms with Gasteiger partial charge in [-0.15, -0.1) is 0 Å². The number of esters is 1. The number of Topliss-reactive ketones (excluding diaryl/α,β-unsaturated/α-hetero) is 1. The van der Waals surface area contributed by atoms with Crippen molar-refractivity contribution >= 4 is 22.5 Å². The molecule has 0 bridgehead atoms. The van der Waals surface area contributed by atoms with Gasteiger partial charge in [0, 0.05) is 17.5 Å². The molecule has 0 atom stereocenters. The summed E-state index contributed by atoms with van der Waals surface area (Å²) in [6.45, 7) is 3.93. The number of carbonyl (C=O) groups is 2. The van der Waals surface area contributed by atoms with Crippen molar-refractivity contribution in [1.82, 2.24) is 9.78 Å². The van der Waals surface area contributed by atoms with Crippen LogP contribution in [0.5, 0.6) is 5.75 Å². The summed E-state index contributed by atoms with van der Waals surface area (Å²) in [5, 5.41) is 5.15. The molecule has 0 aliphatic heterocycles. The zero-order valence-corrected chi connectivity index (χ0v) is 15.3. The van der Waals surface area contributed by atoms with Crippen molar-refractivity contribution < 1.29 is 14.3 Å². The van der Waals surface area contributed by atoms with Crippen LogP contribution in [0, 0.1) is 0 Å². The van der Waals surface area contributed by atoms with Gasteiger partial charge in [0.25, 0.3) is 5.56 Å². The van der Waals surface area contributed by atoms with Gasteiger partial charge in [0.2, 0.25) is 0 Å². The Bertz CT molecular complexity index is 1050. The van der Waals surface area contributed by atoms with Crippen molar-refractivity contribution in [3.8, 4) is 5.75 Å². The van der Waals surface area contributed by atoms with Gasteiger partial charge in [0.05, 0.1) is 5.39 Å². The Kier molecular flexibility index (Phi) is 5.45. The standard InChI is InChI=1S/C21H20N2O4/c1-3-4-13-23-20(25)18-8-6-5-7-17(18)19(22-23)21(26)27-16-11-9-15(10-12-16)14(2)24/h5-12H,3-4,13H2,1-2H3. The number of aromatic nitrogens is 2. The minimum Gasteiger partial charge on any atom is -0.422 e. The Morgan fingerprint density at radius 1 is 1.04 bits per heavy atom. The van der Waals surface area contributed by atoms with E-state index in [0.717, 1.165) is 12.8 Å². The molecule has 0 saturated heterocycles. The maximum atomic E-state index is 12.7. The number of carbonyl (C=O) groups excluding carboxylic acids is 2. The molecular weight excluding hydrogens is 344 g/mol. The van der Waals surface area contributed by atoms with Crippen molar-refractivity contribution in [3.05, 3.63) is 70.1 Å². The molecular formula is C21H20N2O4. The fourth-order valence-corrected chi connectivity index (χ4v) is 2.76. The first-order valence-corrected chi connectivity index (χ1v) is 8.84. The highest BCUT2D eigenvalue weighted by Crippen LogP contribution is 2.18. The van der Waals surface area contributed by atoms with Gasteiger partial charge in [-0.05, 0) is 43.7 Å². The molecule has 6 heteroatoms. The van der Waals surface area contributed by atoms with Crippen LogP contribution in [-0.4, -0.2) is 21.5 Å². The van der Waals surface area contributed by atoms with Crippen LogP contribution < -0.4 is 10.3 Å². The summed E-state index contributed by atoms with van der Waals surface area (Å²) in [5.41, 5.74) is 0.407. The third-order valence-corrected chi connectivity index (χ3v) is 4.26. The van der Waals surface area contributed by atoms with Crippen molar-refractivity contribution in [2.24, 2.45) is 0 Å². The fraction of sp³-hybridized carbons (Fsp3) is 0.238. The van der Waals surface area contributed by atoms with Crippen LogP contribution >= 0.6 is 0 Å². The Morgan fingerprint density at radius 3 is 2.33 bits per heavy atom. The molecule has 27 heavy (non-hydrogen) atoms. The fourth-order valence-electron chi connectivity index (χ4n) is 2.76. The lowest BCUT2D eigenvalue weighted by Gasteiger charge is -2.10. The Hall–Kier alpha value is -3.28. The average molecular weight is 364 g/mol. The van der Waals surface area contributed by atoms with Crippen LogP contribution in [0.15, 0.2) is 53.3 Å². The largest absolute Gasteiger partial charge is 0.422 e. The van der Waals surface area contributed by atoms with Gasteiger partial charge in [-0.2, -0.15) is 5.10 Å². The predicted molar refractivity (Wildman–Crippen MR) is 102 cm³/mol. The maximum absolute atomic E-state index is 12.7. The first-order chi connectivity index (χ1) is 13.0. The average Bonchev–Trinajstić information content (AvgIpc) is 2.68. The molecule has 0 saturated carbocycles. The third kappa shape index (κ3) is 3.95. The molecule has 3 aromatic rings. The Morgan fingerprint density at radius 2 is 1.70 bits per heavy atom. The van der Waals surface area contributed by atoms with E-state index < -0.39 is 5.97 Å². The molecule has 0 radical (unpaired) electrons. The van der Waals surface area contributed by atoms with Crippen LogP contribution in [0.25, 0.3) is 10.8 Å². The number of fused-ring (bicyclic) bond motifs is 1. The van der Waals surface area contributed by atoms with Gasteiger partial charge in [0.1, 0.15) is 5.75 Å². The summed E-state index contributed by atoms with van der Waals surface area (Å²) in [5.74, 6) is -0.405. The molecule has 0 aliphatic rings. The van der Waals surface area contributed by atoms with Gasteiger partial charge >= 0.3 is 5.97 Å². The third-order valence-electron chi connectivity index (χ3n) is 4.26. The number of aryl methyl sites for hydroxylation is 1. The van der Waals surface area contributed by atoms with E-state index in [1.807, 2.05) is 6.92 Å². The van der Waals surface area contributed by atoms with E-state index in [9.17, 15) is 14.4 Å². The number of benzene rings is 2. The second kappa shape index (κ2) is 7.95. The van der Waals surface area contributed by atoms with Gasteiger partial charge in [-0.1, -0.05) is 31.5 Å². The minimum atomic E-state index is -0.646. The number of ketones is 1. The molecule has 0 N–H and O–H groups in total. The molecule has 1 aromatic heterocycles. The number of nitrogens with zero attached hydrogens (tertiary/aromatic N) is 2. The summed E-state index contributed by atoms with van der Waals surface area (Å²) >= 11 is 0. The molecule has 1 heterocycles. The predicted octanol–water partition coefficient (Wildman–Crippen LogP) is 3.62. The second-order valence-electron chi connectivity index (χ2n) is 6.25. The van der Waals surface area contributed by atoms with E-state index in [1.54, 1.807) is 48.5 Å². The van der Waals surface area contributed by atoms with E-state index in [4.69, 9.17) is 4.74 Å². The molecule has 138 valence electrons. The highest BCUT2D eigenvalue weighted by atomic mass is 16.5. The van der Waals surface area contributed by atoms with E-state index in [1.165, 1.54) is 11.6 Å². The smallest absolute Gasteiger partial charge is 0.364 e. The number of ether oxygens (including phenoxy) is 1. The summed E-state index contributed by atoms with van der Waals surface area (Å²) in [7, 11) is 0. The Balaban J connectivity index is 1.99. The monoisotopic (exact) mass is 364 g/mol. The summed E-state index contributed by atoms with van der Waals surface area (Å²) in [4.78, 5) is 36.7. The van der Waals surface area contributed by atoms with Gasteiger partial charge in [-0.25, -0.2) is 9.48 Å². The minimum absolute atomic E-state index is 0.0662. The highest BCUT2D eigenvalue weighted by Gasteiger charge is 2.18. The van der Waals surface area contributed by atoms with Crippen LogP contribution in [0.3, 0.4) is 0 Å². The Labute approximate surface area is 156 Å². The van der Waals surface area contributed by atoms with Crippen molar-refractivity contribution in [2.45, 2.75) is 33.2 Å². The molecule has 0 unspecified atom stereocenters. The molecule has 3 rings (SSSR count). The molecule has 0 fully saturated rings. The van der Waals surface area contributed by atoms with Crippen molar-refractivity contribution in [3.63, 3.8) is 0 Å². The molecule has 6 nitrogen and oxygen atoms in total. The lowest BCUT2D eigenvalue weighted by atomic mass is 10.1. The summed E-state index contributed by atoms with van der Waals surface area (Å²) in [6.07, 6.45) is 1.69. The van der Waals surface area contributed by atoms with Crippen LogP contribution in [-0.2, 0) is 6.54 Å². The van der Waals surface area contributed by atoms with E-state index in [-0.39, 0.29) is 17.0 Å². The molecule has 0 amide bonds.